The first-order valence-electron chi connectivity index (χ1n) is 5.03. The third kappa shape index (κ3) is 3.18. The van der Waals surface area contributed by atoms with Crippen molar-refractivity contribution in [3.05, 3.63) is 28.2 Å². The van der Waals surface area contributed by atoms with Crippen molar-refractivity contribution in [1.82, 2.24) is 0 Å². The van der Waals surface area contributed by atoms with Gasteiger partial charge in [0.05, 0.1) is 18.8 Å². The van der Waals surface area contributed by atoms with Gasteiger partial charge < -0.3 is 21.3 Å². The molecule has 5 N–H and O–H groups in total. The molecule has 0 bridgehead atoms. The Balaban J connectivity index is 2.98. The van der Waals surface area contributed by atoms with Crippen LogP contribution >= 0.6 is 15.9 Å². The molecule has 0 unspecified atom stereocenters. The van der Waals surface area contributed by atoms with E-state index in [2.05, 4.69) is 21.2 Å². The molecule has 0 saturated heterocycles. The van der Waals surface area contributed by atoms with Crippen molar-refractivity contribution in [2.24, 2.45) is 5.73 Å². The Labute approximate surface area is 104 Å². The molecular weight excluding hydrogens is 272 g/mol. The van der Waals surface area contributed by atoms with Crippen molar-refractivity contribution in [2.45, 2.75) is 19.0 Å². The van der Waals surface area contributed by atoms with E-state index in [0.29, 0.717) is 6.54 Å². The first-order chi connectivity index (χ1) is 7.54. The molecule has 0 heterocycles. The first kappa shape index (κ1) is 13.4. The summed E-state index contributed by atoms with van der Waals surface area (Å²) in [4.78, 5) is 0. The SMILES string of the molecule is CC(CO)(CO)Nc1cc(Br)ccc1CN. The van der Waals surface area contributed by atoms with E-state index in [0.717, 1.165) is 15.7 Å². The van der Waals surface area contributed by atoms with E-state index >= 15 is 0 Å². The molecule has 0 atom stereocenters. The smallest absolute Gasteiger partial charge is 0.0806 e. The second-order valence-electron chi connectivity index (χ2n) is 4.01. The fraction of sp³-hybridized carbons (Fsp3) is 0.455. The molecule has 0 saturated carbocycles. The van der Waals surface area contributed by atoms with Crippen molar-refractivity contribution in [3.63, 3.8) is 0 Å². The van der Waals surface area contributed by atoms with Crippen LogP contribution < -0.4 is 11.1 Å². The summed E-state index contributed by atoms with van der Waals surface area (Å²) in [6.45, 7) is 1.84. The normalized spacial score (nSPS) is 11.6. The minimum atomic E-state index is -0.745. The van der Waals surface area contributed by atoms with Crippen LogP contribution in [0.25, 0.3) is 0 Å². The molecule has 0 spiro atoms. The van der Waals surface area contributed by atoms with E-state index in [4.69, 9.17) is 5.73 Å². The molecule has 0 aromatic heterocycles. The van der Waals surface area contributed by atoms with Gasteiger partial charge in [0.15, 0.2) is 0 Å². The van der Waals surface area contributed by atoms with Gasteiger partial charge in [-0.05, 0) is 24.6 Å². The number of aliphatic hydroxyl groups is 2. The van der Waals surface area contributed by atoms with Crippen LogP contribution in [0.4, 0.5) is 5.69 Å². The summed E-state index contributed by atoms with van der Waals surface area (Å²) in [7, 11) is 0. The lowest BCUT2D eigenvalue weighted by Gasteiger charge is -2.28. The second kappa shape index (κ2) is 5.63. The molecule has 0 aliphatic rings. The van der Waals surface area contributed by atoms with Crippen LogP contribution in [-0.2, 0) is 6.54 Å². The molecule has 5 heteroatoms. The molecule has 0 fully saturated rings. The second-order valence-corrected chi connectivity index (χ2v) is 4.92. The highest BCUT2D eigenvalue weighted by Gasteiger charge is 2.22. The van der Waals surface area contributed by atoms with Gasteiger partial charge in [0.25, 0.3) is 0 Å². The van der Waals surface area contributed by atoms with E-state index in [1.807, 2.05) is 18.2 Å². The molecule has 1 aromatic rings. The van der Waals surface area contributed by atoms with E-state index < -0.39 is 5.54 Å². The molecule has 0 amide bonds. The fourth-order valence-corrected chi connectivity index (χ4v) is 1.66. The summed E-state index contributed by atoms with van der Waals surface area (Å²) in [5.41, 5.74) is 6.64. The molecule has 0 aliphatic heterocycles. The lowest BCUT2D eigenvalue weighted by molar-refractivity contribution is 0.147. The average molecular weight is 289 g/mol. The predicted octanol–water partition coefficient (Wildman–Crippen LogP) is 1.06. The van der Waals surface area contributed by atoms with Crippen molar-refractivity contribution >= 4 is 21.6 Å². The van der Waals surface area contributed by atoms with Gasteiger partial charge in [0.1, 0.15) is 0 Å². The molecule has 1 rings (SSSR count). The highest BCUT2D eigenvalue weighted by atomic mass is 79.9. The monoisotopic (exact) mass is 288 g/mol. The molecule has 4 nitrogen and oxygen atoms in total. The molecule has 0 aliphatic carbocycles. The van der Waals surface area contributed by atoms with Gasteiger partial charge in [-0.15, -0.1) is 0 Å². The zero-order valence-electron chi connectivity index (χ0n) is 9.20. The summed E-state index contributed by atoms with van der Waals surface area (Å²) in [5, 5.41) is 21.5. The van der Waals surface area contributed by atoms with E-state index in [1.165, 1.54) is 0 Å². The molecule has 1 aromatic carbocycles. The van der Waals surface area contributed by atoms with Crippen LogP contribution in [0.2, 0.25) is 0 Å². The number of nitrogens with one attached hydrogen (secondary N) is 1. The Bertz CT molecular complexity index is 354. The molecule has 16 heavy (non-hydrogen) atoms. The van der Waals surface area contributed by atoms with E-state index in [9.17, 15) is 10.2 Å². The standard InChI is InChI=1S/C11H17BrN2O2/c1-11(6-15,7-16)14-10-4-9(12)3-2-8(10)5-13/h2-4,14-16H,5-7,13H2,1H3. The van der Waals surface area contributed by atoms with E-state index in [1.54, 1.807) is 6.92 Å². The Morgan fingerprint density at radius 2 is 2.00 bits per heavy atom. The average Bonchev–Trinajstić information content (AvgIpc) is 2.29. The maximum Gasteiger partial charge on any atom is 0.0806 e. The lowest BCUT2D eigenvalue weighted by Crippen LogP contribution is -2.42. The predicted molar refractivity (Wildman–Crippen MR) is 68.2 cm³/mol. The summed E-state index contributed by atoms with van der Waals surface area (Å²) < 4.78 is 0.922. The van der Waals surface area contributed by atoms with Crippen LogP contribution in [0.1, 0.15) is 12.5 Å². The largest absolute Gasteiger partial charge is 0.394 e. The molecule has 90 valence electrons. The third-order valence-corrected chi connectivity index (χ3v) is 2.92. The Kier molecular flexibility index (Phi) is 4.73. The number of halogens is 1. The first-order valence-corrected chi connectivity index (χ1v) is 5.82. The minimum absolute atomic E-state index is 0.153. The number of hydrogen-bond acceptors (Lipinski definition) is 4. The summed E-state index contributed by atoms with van der Waals surface area (Å²) in [6.07, 6.45) is 0. The Morgan fingerprint density at radius 1 is 1.38 bits per heavy atom. The van der Waals surface area contributed by atoms with Crippen LogP contribution in [0, 0.1) is 0 Å². The van der Waals surface area contributed by atoms with Crippen LogP contribution in [0.3, 0.4) is 0 Å². The van der Waals surface area contributed by atoms with Crippen LogP contribution in [0.5, 0.6) is 0 Å². The van der Waals surface area contributed by atoms with Crippen LogP contribution in [0.15, 0.2) is 22.7 Å². The Morgan fingerprint density at radius 3 is 2.50 bits per heavy atom. The van der Waals surface area contributed by atoms with Crippen molar-refractivity contribution < 1.29 is 10.2 Å². The van der Waals surface area contributed by atoms with Crippen LogP contribution in [-0.4, -0.2) is 29.0 Å². The van der Waals surface area contributed by atoms with Gasteiger partial charge in [-0.1, -0.05) is 22.0 Å². The number of benzene rings is 1. The lowest BCUT2D eigenvalue weighted by atomic mass is 10.0. The molecular formula is C11H17BrN2O2. The Hall–Kier alpha value is -0.620. The fourth-order valence-electron chi connectivity index (χ4n) is 1.30. The number of anilines is 1. The number of rotatable bonds is 5. The van der Waals surface area contributed by atoms with Gasteiger partial charge >= 0.3 is 0 Å². The van der Waals surface area contributed by atoms with E-state index in [-0.39, 0.29) is 13.2 Å². The maximum atomic E-state index is 9.21. The van der Waals surface area contributed by atoms with Gasteiger partial charge in [-0.25, -0.2) is 0 Å². The highest BCUT2D eigenvalue weighted by molar-refractivity contribution is 9.10. The van der Waals surface area contributed by atoms with Crippen molar-refractivity contribution in [2.75, 3.05) is 18.5 Å². The van der Waals surface area contributed by atoms with Gasteiger partial charge in [-0.3, -0.25) is 0 Å². The quantitative estimate of drug-likeness (QED) is 0.653. The zero-order valence-corrected chi connectivity index (χ0v) is 10.8. The van der Waals surface area contributed by atoms with Gasteiger partial charge in [0.2, 0.25) is 0 Å². The number of aliphatic hydroxyl groups excluding tert-OH is 2. The zero-order chi connectivity index (χ0) is 12.2. The summed E-state index contributed by atoms with van der Waals surface area (Å²) in [5.74, 6) is 0. The number of nitrogens with two attached hydrogens (primary N) is 1. The number of hydrogen-bond donors (Lipinski definition) is 4. The third-order valence-electron chi connectivity index (χ3n) is 2.43. The van der Waals surface area contributed by atoms with Crippen molar-refractivity contribution in [3.8, 4) is 0 Å². The minimum Gasteiger partial charge on any atom is -0.394 e. The summed E-state index contributed by atoms with van der Waals surface area (Å²) in [6, 6.07) is 5.69. The van der Waals surface area contributed by atoms with Gasteiger partial charge in [0, 0.05) is 16.7 Å². The molecule has 0 radical (unpaired) electrons. The van der Waals surface area contributed by atoms with Gasteiger partial charge in [-0.2, -0.15) is 0 Å². The maximum absolute atomic E-state index is 9.21. The van der Waals surface area contributed by atoms with Crippen molar-refractivity contribution in [1.29, 1.82) is 0 Å². The summed E-state index contributed by atoms with van der Waals surface area (Å²) >= 11 is 3.37. The highest BCUT2D eigenvalue weighted by Crippen LogP contribution is 2.24. The topological polar surface area (TPSA) is 78.5 Å².